The summed E-state index contributed by atoms with van der Waals surface area (Å²) in [5, 5.41) is 10.7. The van der Waals surface area contributed by atoms with Crippen molar-refractivity contribution in [1.29, 1.82) is 0 Å². The van der Waals surface area contributed by atoms with Gasteiger partial charge in [0.15, 0.2) is 5.96 Å². The maximum Gasteiger partial charge on any atom is 0.191 e. The van der Waals surface area contributed by atoms with Gasteiger partial charge in [-0.1, -0.05) is 0 Å². The topological polar surface area (TPSA) is 72.7 Å². The number of nitrogens with one attached hydrogen (secondary N) is 2. The van der Waals surface area contributed by atoms with Crippen LogP contribution in [0.15, 0.2) is 17.3 Å². The molecule has 0 radical (unpaired) electrons. The van der Waals surface area contributed by atoms with Gasteiger partial charge in [0, 0.05) is 53.3 Å². The fourth-order valence-electron chi connectivity index (χ4n) is 2.51. The normalized spacial score (nSPS) is 16.5. The van der Waals surface area contributed by atoms with Crippen LogP contribution in [0.1, 0.15) is 25.0 Å². The Morgan fingerprint density at radius 1 is 1.43 bits per heavy atom. The van der Waals surface area contributed by atoms with Crippen molar-refractivity contribution in [2.75, 3.05) is 40.0 Å². The highest BCUT2D eigenvalue weighted by Crippen LogP contribution is 2.14. The Balaban J connectivity index is 1.51. The average molecular weight is 323 g/mol. The van der Waals surface area contributed by atoms with Gasteiger partial charge in [0.2, 0.25) is 0 Å². The SMILES string of the molecule is CN=C(NCCCOCC1CCOCC1)NCc1ccnn1C. The molecule has 1 aliphatic rings. The number of aliphatic imine (C=N–C) groups is 1. The highest BCUT2D eigenvalue weighted by atomic mass is 16.5. The summed E-state index contributed by atoms with van der Waals surface area (Å²) in [4.78, 5) is 4.22. The van der Waals surface area contributed by atoms with Crippen LogP contribution < -0.4 is 10.6 Å². The van der Waals surface area contributed by atoms with Gasteiger partial charge in [0.05, 0.1) is 12.2 Å². The Bertz CT molecular complexity index is 469. The van der Waals surface area contributed by atoms with Crippen molar-refractivity contribution >= 4 is 5.96 Å². The second kappa shape index (κ2) is 10.2. The van der Waals surface area contributed by atoms with Gasteiger partial charge < -0.3 is 20.1 Å². The molecule has 2 rings (SSSR count). The van der Waals surface area contributed by atoms with Crippen molar-refractivity contribution in [2.24, 2.45) is 18.0 Å². The van der Waals surface area contributed by atoms with Gasteiger partial charge in [0.25, 0.3) is 0 Å². The molecule has 0 amide bonds. The lowest BCUT2D eigenvalue weighted by atomic mass is 10.0. The van der Waals surface area contributed by atoms with Crippen molar-refractivity contribution < 1.29 is 9.47 Å². The number of hydrogen-bond donors (Lipinski definition) is 2. The molecule has 23 heavy (non-hydrogen) atoms. The Hall–Kier alpha value is -1.60. The zero-order chi connectivity index (χ0) is 16.3. The third-order valence-electron chi connectivity index (χ3n) is 4.04. The molecule has 1 aromatic heterocycles. The van der Waals surface area contributed by atoms with Crippen LogP contribution in [0.5, 0.6) is 0 Å². The van der Waals surface area contributed by atoms with Crippen LogP contribution in [0.3, 0.4) is 0 Å². The molecule has 0 atom stereocenters. The van der Waals surface area contributed by atoms with E-state index in [-0.39, 0.29) is 0 Å². The first-order valence-electron chi connectivity index (χ1n) is 8.36. The monoisotopic (exact) mass is 323 g/mol. The van der Waals surface area contributed by atoms with Gasteiger partial charge in [-0.15, -0.1) is 0 Å². The fraction of sp³-hybridized carbons (Fsp3) is 0.750. The Morgan fingerprint density at radius 2 is 2.26 bits per heavy atom. The Morgan fingerprint density at radius 3 is 2.96 bits per heavy atom. The maximum absolute atomic E-state index is 5.76. The number of guanidine groups is 1. The third-order valence-corrected chi connectivity index (χ3v) is 4.04. The summed E-state index contributed by atoms with van der Waals surface area (Å²) in [6.07, 6.45) is 5.02. The molecular weight excluding hydrogens is 294 g/mol. The minimum absolute atomic E-state index is 0.671. The third kappa shape index (κ3) is 6.58. The quantitative estimate of drug-likeness (QED) is 0.423. The molecule has 0 unspecified atom stereocenters. The molecule has 1 saturated heterocycles. The summed E-state index contributed by atoms with van der Waals surface area (Å²) in [5.74, 6) is 1.47. The minimum atomic E-state index is 0.671. The number of aromatic nitrogens is 2. The molecular formula is C16H29N5O2. The van der Waals surface area contributed by atoms with Gasteiger partial charge in [0.1, 0.15) is 0 Å². The van der Waals surface area contributed by atoms with E-state index in [2.05, 4.69) is 20.7 Å². The van der Waals surface area contributed by atoms with Crippen molar-refractivity contribution in [3.8, 4) is 0 Å². The van der Waals surface area contributed by atoms with Crippen LogP contribution in [0, 0.1) is 5.92 Å². The van der Waals surface area contributed by atoms with Crippen LogP contribution in [0.25, 0.3) is 0 Å². The van der Waals surface area contributed by atoms with E-state index in [0.29, 0.717) is 12.5 Å². The smallest absolute Gasteiger partial charge is 0.191 e. The molecule has 0 bridgehead atoms. The molecule has 0 aromatic carbocycles. The summed E-state index contributed by atoms with van der Waals surface area (Å²) in [6, 6.07) is 1.99. The van der Waals surface area contributed by atoms with Gasteiger partial charge >= 0.3 is 0 Å². The fourth-order valence-corrected chi connectivity index (χ4v) is 2.51. The van der Waals surface area contributed by atoms with E-state index >= 15 is 0 Å². The lowest BCUT2D eigenvalue weighted by molar-refractivity contribution is 0.0203. The number of nitrogens with zero attached hydrogens (tertiary/aromatic N) is 3. The lowest BCUT2D eigenvalue weighted by Gasteiger charge is -2.21. The van der Waals surface area contributed by atoms with Crippen molar-refractivity contribution in [2.45, 2.75) is 25.8 Å². The molecule has 1 aliphatic heterocycles. The first-order valence-corrected chi connectivity index (χ1v) is 8.36. The summed E-state index contributed by atoms with van der Waals surface area (Å²) in [5.41, 5.74) is 1.12. The molecule has 1 fully saturated rings. The van der Waals surface area contributed by atoms with E-state index in [1.807, 2.05) is 17.8 Å². The molecule has 130 valence electrons. The van der Waals surface area contributed by atoms with E-state index in [9.17, 15) is 0 Å². The van der Waals surface area contributed by atoms with Crippen LogP contribution in [0.4, 0.5) is 0 Å². The second-order valence-corrected chi connectivity index (χ2v) is 5.78. The highest BCUT2D eigenvalue weighted by molar-refractivity contribution is 5.79. The second-order valence-electron chi connectivity index (χ2n) is 5.78. The minimum Gasteiger partial charge on any atom is -0.381 e. The highest BCUT2D eigenvalue weighted by Gasteiger charge is 2.13. The summed E-state index contributed by atoms with van der Waals surface area (Å²) in [7, 11) is 3.71. The average Bonchev–Trinajstić information content (AvgIpc) is 2.99. The van der Waals surface area contributed by atoms with E-state index in [4.69, 9.17) is 9.47 Å². The molecule has 1 aromatic rings. The van der Waals surface area contributed by atoms with Crippen molar-refractivity contribution in [3.05, 3.63) is 18.0 Å². The number of aryl methyl sites for hydroxylation is 1. The van der Waals surface area contributed by atoms with Gasteiger partial charge in [-0.2, -0.15) is 5.10 Å². The molecule has 0 saturated carbocycles. The van der Waals surface area contributed by atoms with Gasteiger partial charge in [-0.05, 0) is 31.2 Å². The first kappa shape index (κ1) is 17.7. The van der Waals surface area contributed by atoms with Crippen LogP contribution in [0.2, 0.25) is 0 Å². The molecule has 2 heterocycles. The predicted octanol–water partition coefficient (Wildman–Crippen LogP) is 0.918. The number of rotatable bonds is 8. The molecule has 7 nitrogen and oxygen atoms in total. The molecule has 7 heteroatoms. The van der Waals surface area contributed by atoms with Crippen LogP contribution in [-0.4, -0.2) is 55.8 Å². The molecule has 0 spiro atoms. The van der Waals surface area contributed by atoms with E-state index < -0.39 is 0 Å². The summed E-state index contributed by atoms with van der Waals surface area (Å²) in [6.45, 7) is 4.96. The number of ether oxygens (including phenoxy) is 2. The van der Waals surface area contributed by atoms with Gasteiger partial charge in [-0.3, -0.25) is 9.67 Å². The molecule has 2 N–H and O–H groups in total. The van der Waals surface area contributed by atoms with Crippen LogP contribution >= 0.6 is 0 Å². The molecule has 0 aliphatic carbocycles. The first-order chi connectivity index (χ1) is 11.3. The van der Waals surface area contributed by atoms with Crippen molar-refractivity contribution in [3.63, 3.8) is 0 Å². The van der Waals surface area contributed by atoms with Gasteiger partial charge in [-0.25, -0.2) is 0 Å². The predicted molar refractivity (Wildman–Crippen MR) is 90.4 cm³/mol. The maximum atomic E-state index is 5.76. The summed E-state index contributed by atoms with van der Waals surface area (Å²) < 4.78 is 13.0. The lowest BCUT2D eigenvalue weighted by Crippen LogP contribution is -2.38. The van der Waals surface area contributed by atoms with E-state index in [0.717, 1.165) is 63.9 Å². The zero-order valence-corrected chi connectivity index (χ0v) is 14.3. The number of hydrogen-bond acceptors (Lipinski definition) is 4. The zero-order valence-electron chi connectivity index (χ0n) is 14.3. The van der Waals surface area contributed by atoms with E-state index in [1.54, 1.807) is 13.2 Å². The Labute approximate surface area is 138 Å². The van der Waals surface area contributed by atoms with Crippen LogP contribution in [-0.2, 0) is 23.1 Å². The Kier molecular flexibility index (Phi) is 7.89. The summed E-state index contributed by atoms with van der Waals surface area (Å²) >= 11 is 0. The largest absolute Gasteiger partial charge is 0.381 e. The van der Waals surface area contributed by atoms with E-state index in [1.165, 1.54) is 0 Å². The standard InChI is InChI=1S/C16H29N5O2/c1-17-16(19-12-15-4-8-20-21(15)2)18-7-3-9-23-13-14-5-10-22-11-6-14/h4,8,14H,3,5-7,9-13H2,1-2H3,(H2,17,18,19). The van der Waals surface area contributed by atoms with Crippen molar-refractivity contribution in [1.82, 2.24) is 20.4 Å².